The highest BCUT2D eigenvalue weighted by molar-refractivity contribution is 6.01. The van der Waals surface area contributed by atoms with Gasteiger partial charge in [0, 0.05) is 11.1 Å². The molecular weight excluding hydrogens is 270 g/mol. The van der Waals surface area contributed by atoms with Crippen LogP contribution < -0.4 is 0 Å². The largest absolute Gasteiger partial charge is 0.365 e. The van der Waals surface area contributed by atoms with E-state index in [0.29, 0.717) is 5.71 Å². The summed E-state index contributed by atoms with van der Waals surface area (Å²) in [6.45, 7) is 16.9. The molecule has 2 nitrogen and oxygen atoms in total. The first-order valence-corrected chi connectivity index (χ1v) is 8.35. The maximum atomic E-state index is 8.31. The number of nitrogens with one attached hydrogen (secondary N) is 1. The predicted molar refractivity (Wildman–Crippen MR) is 95.8 cm³/mol. The lowest BCUT2D eigenvalue weighted by Gasteiger charge is -2.39. The molecule has 124 valence electrons. The molecule has 0 fully saturated rings. The van der Waals surface area contributed by atoms with Crippen LogP contribution in [0.2, 0.25) is 0 Å². The summed E-state index contributed by atoms with van der Waals surface area (Å²) in [5, 5.41) is 8.31. The van der Waals surface area contributed by atoms with Crippen molar-refractivity contribution in [3.8, 4) is 0 Å². The third kappa shape index (κ3) is 4.42. The number of ether oxygens (including phenoxy) is 1. The molecule has 0 amide bonds. The molecule has 0 saturated carbocycles. The Labute approximate surface area is 136 Å². The fraction of sp³-hybridized carbons (Fsp3) is 0.650. The Bertz CT molecular complexity index is 496. The summed E-state index contributed by atoms with van der Waals surface area (Å²) in [6.07, 6.45) is 1.88. The zero-order chi connectivity index (χ0) is 17.2. The van der Waals surface area contributed by atoms with Crippen molar-refractivity contribution in [1.29, 1.82) is 5.41 Å². The first kappa shape index (κ1) is 18.9. The zero-order valence-corrected chi connectivity index (χ0v) is 15.6. The Kier molecular flexibility index (Phi) is 5.61. The smallest absolute Gasteiger partial charge is 0.0933 e. The van der Waals surface area contributed by atoms with Gasteiger partial charge in [-0.2, -0.15) is 0 Å². The van der Waals surface area contributed by atoms with E-state index in [-0.39, 0.29) is 16.6 Å². The summed E-state index contributed by atoms with van der Waals surface area (Å²) in [6, 6.07) is 8.40. The molecule has 1 aromatic rings. The monoisotopic (exact) mass is 303 g/mol. The van der Waals surface area contributed by atoms with Crippen molar-refractivity contribution in [1.82, 2.24) is 0 Å². The van der Waals surface area contributed by atoms with Crippen LogP contribution in [0.3, 0.4) is 0 Å². The van der Waals surface area contributed by atoms with Crippen LogP contribution in [0.1, 0.15) is 79.4 Å². The first-order chi connectivity index (χ1) is 9.95. The summed E-state index contributed by atoms with van der Waals surface area (Å²) in [4.78, 5) is 0. The third-order valence-electron chi connectivity index (χ3n) is 4.09. The Morgan fingerprint density at radius 3 is 1.68 bits per heavy atom. The molecule has 0 radical (unpaired) electrons. The number of benzene rings is 1. The van der Waals surface area contributed by atoms with Crippen LogP contribution in [0.5, 0.6) is 0 Å². The molecule has 0 aliphatic heterocycles. The quantitative estimate of drug-likeness (QED) is 0.672. The van der Waals surface area contributed by atoms with Crippen molar-refractivity contribution in [2.75, 3.05) is 0 Å². The lowest BCUT2D eigenvalue weighted by molar-refractivity contribution is -0.142. The molecule has 0 bridgehead atoms. The van der Waals surface area contributed by atoms with E-state index in [1.807, 2.05) is 0 Å². The fourth-order valence-corrected chi connectivity index (χ4v) is 2.82. The summed E-state index contributed by atoms with van der Waals surface area (Å²) < 4.78 is 6.42. The minimum absolute atomic E-state index is 0.129. The lowest BCUT2D eigenvalue weighted by Crippen LogP contribution is -2.37. The van der Waals surface area contributed by atoms with Crippen molar-refractivity contribution in [3.05, 3.63) is 35.4 Å². The molecule has 1 aromatic carbocycles. The van der Waals surface area contributed by atoms with Crippen molar-refractivity contribution in [2.45, 2.75) is 79.4 Å². The Morgan fingerprint density at radius 1 is 0.909 bits per heavy atom. The van der Waals surface area contributed by atoms with Crippen molar-refractivity contribution in [2.24, 2.45) is 5.41 Å². The van der Waals surface area contributed by atoms with Crippen LogP contribution in [0.15, 0.2) is 24.3 Å². The SMILES string of the molecule is CCC(CC)(OC(C)(C)C)c1ccc(C(=N)C(C)(C)C)cc1. The molecule has 0 unspecified atom stereocenters. The van der Waals surface area contributed by atoms with E-state index >= 15 is 0 Å². The summed E-state index contributed by atoms with van der Waals surface area (Å²) in [5.41, 5.74) is 2.32. The molecule has 0 aromatic heterocycles. The molecule has 1 rings (SSSR count). The maximum Gasteiger partial charge on any atom is 0.0933 e. The number of hydrogen-bond donors (Lipinski definition) is 1. The van der Waals surface area contributed by atoms with Gasteiger partial charge in [-0.1, -0.05) is 58.9 Å². The zero-order valence-electron chi connectivity index (χ0n) is 15.6. The van der Waals surface area contributed by atoms with E-state index in [4.69, 9.17) is 10.1 Å². The van der Waals surface area contributed by atoms with Crippen LogP contribution >= 0.6 is 0 Å². The van der Waals surface area contributed by atoms with Gasteiger partial charge in [-0.25, -0.2) is 0 Å². The van der Waals surface area contributed by atoms with E-state index in [9.17, 15) is 0 Å². The van der Waals surface area contributed by atoms with Gasteiger partial charge in [-0.05, 0) is 44.7 Å². The minimum Gasteiger partial charge on any atom is -0.365 e. The standard InChI is InChI=1S/C20H33NO/c1-9-20(10-2,22-19(6,7)8)16-13-11-15(12-14-16)17(21)18(3,4)5/h11-14,21H,9-10H2,1-8H3. The van der Waals surface area contributed by atoms with Crippen LogP contribution in [-0.4, -0.2) is 11.3 Å². The van der Waals surface area contributed by atoms with Gasteiger partial charge in [-0.15, -0.1) is 0 Å². The second kappa shape index (κ2) is 6.54. The van der Waals surface area contributed by atoms with Crippen molar-refractivity contribution < 1.29 is 4.74 Å². The highest BCUT2D eigenvalue weighted by Crippen LogP contribution is 2.37. The molecular formula is C20H33NO. The molecule has 0 spiro atoms. The summed E-state index contributed by atoms with van der Waals surface area (Å²) in [7, 11) is 0. The molecule has 1 N–H and O–H groups in total. The van der Waals surface area contributed by atoms with E-state index < -0.39 is 0 Å². The molecule has 0 heterocycles. The average Bonchev–Trinajstić information content (AvgIpc) is 2.42. The Hall–Kier alpha value is -1.15. The van der Waals surface area contributed by atoms with Gasteiger partial charge in [0.15, 0.2) is 0 Å². The fourth-order valence-electron chi connectivity index (χ4n) is 2.82. The second-order valence-electron chi connectivity index (χ2n) is 8.12. The van der Waals surface area contributed by atoms with E-state index in [0.717, 1.165) is 18.4 Å². The Balaban J connectivity index is 3.17. The highest BCUT2D eigenvalue weighted by Gasteiger charge is 2.34. The molecule has 0 aliphatic rings. The van der Waals surface area contributed by atoms with Gasteiger partial charge < -0.3 is 10.1 Å². The first-order valence-electron chi connectivity index (χ1n) is 8.35. The molecule has 22 heavy (non-hydrogen) atoms. The van der Waals surface area contributed by atoms with Crippen molar-refractivity contribution >= 4 is 5.71 Å². The topological polar surface area (TPSA) is 33.1 Å². The Morgan fingerprint density at radius 2 is 1.36 bits per heavy atom. The number of hydrogen-bond acceptors (Lipinski definition) is 2. The maximum absolute atomic E-state index is 8.31. The van der Waals surface area contributed by atoms with Gasteiger partial charge in [-0.3, -0.25) is 0 Å². The predicted octanol–water partition coefficient (Wildman–Crippen LogP) is 5.93. The molecule has 0 atom stereocenters. The summed E-state index contributed by atoms with van der Waals surface area (Å²) in [5.74, 6) is 0. The van der Waals surface area contributed by atoms with Gasteiger partial charge in [0.1, 0.15) is 0 Å². The van der Waals surface area contributed by atoms with Gasteiger partial charge in [0.05, 0.1) is 11.2 Å². The summed E-state index contributed by atoms with van der Waals surface area (Å²) >= 11 is 0. The van der Waals surface area contributed by atoms with Gasteiger partial charge >= 0.3 is 0 Å². The third-order valence-corrected chi connectivity index (χ3v) is 4.09. The molecule has 0 saturated heterocycles. The molecule has 0 aliphatic carbocycles. The van der Waals surface area contributed by atoms with Gasteiger partial charge in [0.25, 0.3) is 0 Å². The second-order valence-corrected chi connectivity index (χ2v) is 8.12. The van der Waals surface area contributed by atoms with E-state index in [2.05, 4.69) is 79.7 Å². The minimum atomic E-state index is -0.249. The van der Waals surface area contributed by atoms with Crippen molar-refractivity contribution in [3.63, 3.8) is 0 Å². The number of rotatable bonds is 5. The van der Waals surface area contributed by atoms with E-state index in [1.165, 1.54) is 5.56 Å². The highest BCUT2D eigenvalue weighted by atomic mass is 16.5. The van der Waals surface area contributed by atoms with Crippen LogP contribution in [0, 0.1) is 10.8 Å². The van der Waals surface area contributed by atoms with E-state index in [1.54, 1.807) is 0 Å². The van der Waals surface area contributed by atoms with Gasteiger partial charge in [0.2, 0.25) is 0 Å². The normalized spacial score (nSPS) is 13.3. The average molecular weight is 303 g/mol. The van der Waals surface area contributed by atoms with Crippen LogP contribution in [0.25, 0.3) is 0 Å². The lowest BCUT2D eigenvalue weighted by atomic mass is 9.83. The van der Waals surface area contributed by atoms with Crippen LogP contribution in [-0.2, 0) is 10.3 Å². The molecule has 2 heteroatoms. The van der Waals surface area contributed by atoms with Crippen LogP contribution in [0.4, 0.5) is 0 Å².